The minimum Gasteiger partial charge on any atom is -0.333 e. The lowest BCUT2D eigenvalue weighted by Gasteiger charge is -2.16. The average Bonchev–Trinajstić information content (AvgIpc) is 2.11. The molecule has 1 nitrogen and oxygen atoms in total. The summed E-state index contributed by atoms with van der Waals surface area (Å²) in [6.07, 6.45) is 1.65. The van der Waals surface area contributed by atoms with Crippen molar-refractivity contribution in [3.05, 3.63) is 17.0 Å². The van der Waals surface area contributed by atoms with Crippen molar-refractivity contribution in [2.45, 2.75) is 11.1 Å². The second-order valence-corrected chi connectivity index (χ2v) is 7.49. The van der Waals surface area contributed by atoms with Crippen molar-refractivity contribution in [1.82, 2.24) is 0 Å². The average molecular weight is 197 g/mol. The van der Waals surface area contributed by atoms with Crippen LogP contribution >= 0.6 is 31.5 Å². The van der Waals surface area contributed by atoms with E-state index in [4.69, 9.17) is 10.7 Å². The maximum atomic E-state index is 9.36. The zero-order valence-electron chi connectivity index (χ0n) is 5.80. The van der Waals surface area contributed by atoms with Gasteiger partial charge in [-0.1, -0.05) is 0 Å². The molecule has 0 bridgehead atoms. The van der Waals surface area contributed by atoms with Crippen LogP contribution in [0.5, 0.6) is 0 Å². The largest absolute Gasteiger partial charge is 0.333 e. The van der Waals surface area contributed by atoms with Gasteiger partial charge in [0.15, 0.2) is 0 Å². The van der Waals surface area contributed by atoms with Gasteiger partial charge in [-0.15, -0.1) is 11.3 Å². The summed E-state index contributed by atoms with van der Waals surface area (Å²) in [5, 5.41) is 0. The van der Waals surface area contributed by atoms with Crippen LogP contribution < -0.4 is 0 Å². The molecule has 1 aromatic rings. The summed E-state index contributed by atoms with van der Waals surface area (Å²) in [4.78, 5) is 1.18. The summed E-state index contributed by atoms with van der Waals surface area (Å²) in [5.74, 6) is 0. The monoisotopic (exact) mass is 196 g/mol. The number of hydrogen-bond donors (Lipinski definition) is 1. The highest BCUT2D eigenvalue weighted by Gasteiger charge is 2.14. The Bertz CT molecular complexity index is 226. The molecule has 1 unspecified atom stereocenters. The van der Waals surface area contributed by atoms with E-state index >= 15 is 0 Å². The van der Waals surface area contributed by atoms with Gasteiger partial charge in [-0.3, -0.25) is 0 Å². The Labute approximate surface area is 70.7 Å². The predicted molar refractivity (Wildman–Crippen MR) is 49.3 cm³/mol. The molecule has 0 aliphatic heterocycles. The van der Waals surface area contributed by atoms with Crippen molar-refractivity contribution in [3.63, 3.8) is 0 Å². The highest BCUT2D eigenvalue weighted by atomic mass is 35.7. The third-order valence-electron chi connectivity index (χ3n) is 1.08. The summed E-state index contributed by atoms with van der Waals surface area (Å²) in [7, 11) is 3.73. The van der Waals surface area contributed by atoms with Gasteiger partial charge in [-0.25, -0.2) is 0 Å². The van der Waals surface area contributed by atoms with Gasteiger partial charge in [-0.2, -0.15) is 0 Å². The summed E-state index contributed by atoms with van der Waals surface area (Å²) in [6, 6.07) is 3.84. The second-order valence-electron chi connectivity index (χ2n) is 2.14. The molecule has 10 heavy (non-hydrogen) atoms. The molecule has 1 rings (SSSR count). The molecule has 0 saturated carbocycles. The topological polar surface area (TPSA) is 20.2 Å². The van der Waals surface area contributed by atoms with Gasteiger partial charge in [0.1, 0.15) is 0 Å². The fourth-order valence-electron chi connectivity index (χ4n) is 0.612. The summed E-state index contributed by atoms with van der Waals surface area (Å²) < 4.78 is 10.2. The molecule has 4 heteroatoms. The fourth-order valence-corrected chi connectivity index (χ4v) is 2.96. The molecule has 0 fully saturated rings. The first-order valence-corrected chi connectivity index (χ1v) is 6.41. The van der Waals surface area contributed by atoms with Crippen LogP contribution in [-0.4, -0.2) is 10.8 Å². The zero-order valence-corrected chi connectivity index (χ0v) is 8.19. The molecule has 0 aliphatic rings. The standard InChI is InChI=1S/C6H9ClOS2/c1-5-3-4-6(9-5)10(2,7)8/h3-4,8H,1-2H3. The van der Waals surface area contributed by atoms with Crippen LogP contribution in [-0.2, 0) is 0 Å². The van der Waals surface area contributed by atoms with Gasteiger partial charge < -0.3 is 4.55 Å². The molecule has 0 radical (unpaired) electrons. The van der Waals surface area contributed by atoms with Crippen LogP contribution in [0.4, 0.5) is 0 Å². The normalized spacial score (nSPS) is 20.0. The maximum absolute atomic E-state index is 9.36. The molecule has 1 heterocycles. The second kappa shape index (κ2) is 2.74. The molecule has 0 spiro atoms. The van der Waals surface area contributed by atoms with E-state index in [2.05, 4.69) is 0 Å². The lowest BCUT2D eigenvalue weighted by Crippen LogP contribution is -1.81. The van der Waals surface area contributed by atoms with Crippen molar-refractivity contribution >= 4 is 31.5 Å². The van der Waals surface area contributed by atoms with E-state index in [0.717, 1.165) is 4.21 Å². The number of thiophene rings is 1. The molecule has 1 N–H and O–H groups in total. The van der Waals surface area contributed by atoms with E-state index in [9.17, 15) is 4.55 Å². The SMILES string of the molecule is Cc1ccc(S(C)(O)Cl)s1. The van der Waals surface area contributed by atoms with Crippen molar-refractivity contribution in [3.8, 4) is 0 Å². The highest BCUT2D eigenvalue weighted by molar-refractivity contribution is 8.47. The number of halogens is 1. The molecule has 0 aliphatic carbocycles. The minimum absolute atomic E-state index is 0.881. The summed E-state index contributed by atoms with van der Waals surface area (Å²) in [6.45, 7) is 2.00. The van der Waals surface area contributed by atoms with E-state index in [0.29, 0.717) is 0 Å². The summed E-state index contributed by atoms with van der Waals surface area (Å²) >= 11 is 1.55. The summed E-state index contributed by atoms with van der Waals surface area (Å²) in [5.41, 5.74) is 0. The zero-order chi connectivity index (χ0) is 7.78. The van der Waals surface area contributed by atoms with Crippen molar-refractivity contribution < 1.29 is 4.55 Å². The van der Waals surface area contributed by atoms with Gasteiger partial charge in [-0.05, 0) is 39.3 Å². The van der Waals surface area contributed by atoms with Gasteiger partial charge in [0.25, 0.3) is 0 Å². The first-order chi connectivity index (χ1) is 4.50. The van der Waals surface area contributed by atoms with Gasteiger partial charge in [0.2, 0.25) is 0 Å². The number of hydrogen-bond acceptors (Lipinski definition) is 2. The van der Waals surface area contributed by atoms with Crippen molar-refractivity contribution in [2.75, 3.05) is 6.26 Å². The quantitative estimate of drug-likeness (QED) is 0.729. The van der Waals surface area contributed by atoms with Crippen molar-refractivity contribution in [2.24, 2.45) is 0 Å². The lowest BCUT2D eigenvalue weighted by atomic mass is 10.5. The third kappa shape index (κ3) is 1.89. The molecule has 1 aromatic heterocycles. The van der Waals surface area contributed by atoms with Gasteiger partial charge >= 0.3 is 0 Å². The molecular weight excluding hydrogens is 188 g/mol. The first kappa shape index (κ1) is 8.40. The molecule has 0 amide bonds. The van der Waals surface area contributed by atoms with E-state index in [-0.39, 0.29) is 0 Å². The highest BCUT2D eigenvalue weighted by Crippen LogP contribution is 2.55. The van der Waals surface area contributed by atoms with Crippen LogP contribution in [0.15, 0.2) is 16.3 Å². The predicted octanol–water partition coefficient (Wildman–Crippen LogP) is 3.48. The van der Waals surface area contributed by atoms with E-state index in [1.165, 1.54) is 4.88 Å². The van der Waals surface area contributed by atoms with Crippen LogP contribution in [0.1, 0.15) is 4.88 Å². The van der Waals surface area contributed by atoms with Crippen LogP contribution in [0.3, 0.4) is 0 Å². The first-order valence-electron chi connectivity index (χ1n) is 2.77. The smallest absolute Gasteiger partial charge is 0.0787 e. The van der Waals surface area contributed by atoms with E-state index in [1.54, 1.807) is 17.6 Å². The molecule has 0 aromatic carbocycles. The Morgan fingerprint density at radius 1 is 1.60 bits per heavy atom. The Balaban J connectivity index is 2.96. The Morgan fingerprint density at radius 2 is 2.20 bits per heavy atom. The van der Waals surface area contributed by atoms with Gasteiger partial charge in [0.05, 0.1) is 4.21 Å². The van der Waals surface area contributed by atoms with Crippen LogP contribution in [0.2, 0.25) is 0 Å². The lowest BCUT2D eigenvalue weighted by molar-refractivity contribution is 0.648. The van der Waals surface area contributed by atoms with Crippen LogP contribution in [0, 0.1) is 6.92 Å². The molecule has 0 saturated heterocycles. The Morgan fingerprint density at radius 3 is 2.40 bits per heavy atom. The number of aryl methyl sites for hydroxylation is 1. The van der Waals surface area contributed by atoms with E-state index in [1.807, 2.05) is 19.1 Å². The third-order valence-corrected chi connectivity index (χ3v) is 4.75. The Kier molecular flexibility index (Phi) is 2.30. The molecule has 1 atom stereocenters. The number of rotatable bonds is 1. The van der Waals surface area contributed by atoms with Crippen LogP contribution in [0.25, 0.3) is 0 Å². The maximum Gasteiger partial charge on any atom is 0.0787 e. The van der Waals surface area contributed by atoms with Gasteiger partial charge in [0, 0.05) is 11.1 Å². The molecular formula is C6H9ClOS2. The van der Waals surface area contributed by atoms with E-state index < -0.39 is 9.52 Å². The fraction of sp³-hybridized carbons (Fsp3) is 0.333. The minimum atomic E-state index is -1.99. The molecule has 58 valence electrons. The Hall–Kier alpha value is 0.300. The van der Waals surface area contributed by atoms with Crippen molar-refractivity contribution in [1.29, 1.82) is 0 Å².